The Kier molecular flexibility index (Phi) is 3.34. The summed E-state index contributed by atoms with van der Waals surface area (Å²) in [6, 6.07) is 8.78. The highest BCUT2D eigenvalue weighted by Gasteiger charge is 2.27. The fourth-order valence-corrected chi connectivity index (χ4v) is 4.50. The molecular weight excluding hydrogens is 278 g/mol. The second kappa shape index (κ2) is 5.34. The molecule has 4 heteroatoms. The van der Waals surface area contributed by atoms with Crippen LogP contribution in [-0.4, -0.2) is 17.0 Å². The maximum Gasteiger partial charge on any atom is 0.138 e. The number of rotatable bonds is 2. The Balaban J connectivity index is 1.81. The Bertz CT molecular complexity index is 684. The van der Waals surface area contributed by atoms with Crippen LogP contribution in [0.25, 0.3) is 0 Å². The summed E-state index contributed by atoms with van der Waals surface area (Å²) in [5.74, 6) is 4.45. The average Bonchev–Trinajstić information content (AvgIpc) is 3.02. The molecule has 1 aliphatic carbocycles. The molecule has 0 amide bonds. The lowest BCUT2D eigenvalue weighted by Crippen LogP contribution is -2.16. The van der Waals surface area contributed by atoms with Gasteiger partial charge in [0, 0.05) is 30.0 Å². The van der Waals surface area contributed by atoms with Gasteiger partial charge in [-0.3, -0.25) is 0 Å². The summed E-state index contributed by atoms with van der Waals surface area (Å²) in [6.07, 6.45) is 3.57. The SMILES string of the molecule is CNc1nc(C2CCCc3ccccc32)nc2c1CSC2. The van der Waals surface area contributed by atoms with Crippen LogP contribution in [0.5, 0.6) is 0 Å². The lowest BCUT2D eigenvalue weighted by atomic mass is 9.82. The number of anilines is 1. The van der Waals surface area contributed by atoms with Crippen LogP contribution >= 0.6 is 11.8 Å². The van der Waals surface area contributed by atoms with E-state index < -0.39 is 0 Å². The maximum absolute atomic E-state index is 4.91. The molecular formula is C17H19N3S. The molecule has 0 saturated heterocycles. The minimum Gasteiger partial charge on any atom is -0.373 e. The first kappa shape index (κ1) is 13.1. The van der Waals surface area contributed by atoms with Crippen molar-refractivity contribution in [2.24, 2.45) is 0 Å². The fraction of sp³-hybridized carbons (Fsp3) is 0.412. The molecule has 1 aromatic carbocycles. The van der Waals surface area contributed by atoms with Gasteiger partial charge in [-0.15, -0.1) is 0 Å². The summed E-state index contributed by atoms with van der Waals surface area (Å²) >= 11 is 1.93. The lowest BCUT2D eigenvalue weighted by molar-refractivity contribution is 0.588. The summed E-state index contributed by atoms with van der Waals surface area (Å²) in [6.45, 7) is 0. The third-order valence-electron chi connectivity index (χ3n) is 4.51. The largest absolute Gasteiger partial charge is 0.373 e. The summed E-state index contributed by atoms with van der Waals surface area (Å²) < 4.78 is 0. The number of benzene rings is 1. The van der Waals surface area contributed by atoms with E-state index in [0.29, 0.717) is 5.92 Å². The highest BCUT2D eigenvalue weighted by molar-refractivity contribution is 7.98. The Morgan fingerprint density at radius 2 is 2.10 bits per heavy atom. The molecule has 0 fully saturated rings. The first-order chi connectivity index (χ1) is 10.4. The van der Waals surface area contributed by atoms with Gasteiger partial charge in [0.25, 0.3) is 0 Å². The van der Waals surface area contributed by atoms with E-state index in [2.05, 4.69) is 29.6 Å². The highest BCUT2D eigenvalue weighted by atomic mass is 32.2. The molecule has 2 aliphatic rings. The van der Waals surface area contributed by atoms with Gasteiger partial charge >= 0.3 is 0 Å². The van der Waals surface area contributed by atoms with Crippen LogP contribution in [-0.2, 0) is 17.9 Å². The molecule has 0 saturated carbocycles. The second-order valence-electron chi connectivity index (χ2n) is 5.74. The topological polar surface area (TPSA) is 37.8 Å². The van der Waals surface area contributed by atoms with Crippen molar-refractivity contribution in [3.8, 4) is 0 Å². The quantitative estimate of drug-likeness (QED) is 0.916. The Hall–Kier alpha value is -1.55. The predicted octanol–water partition coefficient (Wildman–Crippen LogP) is 3.73. The number of hydrogen-bond donors (Lipinski definition) is 1. The summed E-state index contributed by atoms with van der Waals surface area (Å²) in [5.41, 5.74) is 5.43. The van der Waals surface area contributed by atoms with Gasteiger partial charge in [0.1, 0.15) is 11.6 Å². The van der Waals surface area contributed by atoms with Crippen LogP contribution in [0.2, 0.25) is 0 Å². The van der Waals surface area contributed by atoms with E-state index in [0.717, 1.165) is 29.6 Å². The van der Waals surface area contributed by atoms with Crippen LogP contribution in [0.1, 0.15) is 47.0 Å². The smallest absolute Gasteiger partial charge is 0.138 e. The number of thioether (sulfide) groups is 1. The minimum atomic E-state index is 0.359. The van der Waals surface area contributed by atoms with Gasteiger partial charge in [-0.2, -0.15) is 11.8 Å². The van der Waals surface area contributed by atoms with Crippen molar-refractivity contribution in [1.82, 2.24) is 9.97 Å². The first-order valence-corrected chi connectivity index (χ1v) is 8.75. The van der Waals surface area contributed by atoms with E-state index in [1.54, 1.807) is 0 Å². The number of aromatic nitrogens is 2. The molecule has 4 rings (SSSR count). The molecule has 0 spiro atoms. The monoisotopic (exact) mass is 297 g/mol. The van der Waals surface area contributed by atoms with Gasteiger partial charge < -0.3 is 5.32 Å². The zero-order valence-corrected chi connectivity index (χ0v) is 13.0. The van der Waals surface area contributed by atoms with Gasteiger partial charge in [-0.1, -0.05) is 24.3 Å². The molecule has 1 aromatic heterocycles. The molecule has 0 radical (unpaired) electrons. The molecule has 1 unspecified atom stereocenters. The maximum atomic E-state index is 4.91. The van der Waals surface area contributed by atoms with E-state index in [4.69, 9.17) is 9.97 Å². The number of nitrogens with zero attached hydrogens (tertiary/aromatic N) is 2. The molecule has 2 aromatic rings. The summed E-state index contributed by atoms with van der Waals surface area (Å²) in [7, 11) is 1.96. The zero-order valence-electron chi connectivity index (χ0n) is 12.2. The van der Waals surface area contributed by atoms with E-state index in [1.807, 2.05) is 18.8 Å². The van der Waals surface area contributed by atoms with Crippen molar-refractivity contribution >= 4 is 17.6 Å². The Morgan fingerprint density at radius 3 is 3.00 bits per heavy atom. The molecule has 3 nitrogen and oxygen atoms in total. The first-order valence-electron chi connectivity index (χ1n) is 7.60. The average molecular weight is 297 g/mol. The van der Waals surface area contributed by atoms with Gasteiger partial charge in [-0.05, 0) is 30.4 Å². The number of aryl methyl sites for hydroxylation is 1. The van der Waals surface area contributed by atoms with Gasteiger partial charge in [0.2, 0.25) is 0 Å². The van der Waals surface area contributed by atoms with Crippen LogP contribution in [0.4, 0.5) is 5.82 Å². The Labute approximate surface area is 129 Å². The molecule has 0 bridgehead atoms. The van der Waals surface area contributed by atoms with Gasteiger partial charge in [-0.25, -0.2) is 9.97 Å². The molecule has 1 aliphatic heterocycles. The molecule has 2 heterocycles. The van der Waals surface area contributed by atoms with Crippen LogP contribution < -0.4 is 5.32 Å². The van der Waals surface area contributed by atoms with Crippen LogP contribution in [0, 0.1) is 0 Å². The second-order valence-corrected chi connectivity index (χ2v) is 6.73. The van der Waals surface area contributed by atoms with Crippen LogP contribution in [0.3, 0.4) is 0 Å². The predicted molar refractivity (Wildman–Crippen MR) is 87.8 cm³/mol. The van der Waals surface area contributed by atoms with Crippen molar-refractivity contribution in [3.05, 3.63) is 52.5 Å². The zero-order chi connectivity index (χ0) is 14.2. The highest BCUT2D eigenvalue weighted by Crippen LogP contribution is 2.38. The lowest BCUT2D eigenvalue weighted by Gasteiger charge is -2.25. The van der Waals surface area contributed by atoms with E-state index >= 15 is 0 Å². The standard InChI is InChI=1S/C17H19N3S/c1-18-16-14-9-21-10-15(14)19-17(20-16)13-8-4-6-11-5-2-3-7-12(11)13/h2-3,5,7,13H,4,6,8-10H2,1H3,(H,18,19,20). The minimum absolute atomic E-state index is 0.359. The van der Waals surface area contributed by atoms with E-state index in [9.17, 15) is 0 Å². The molecule has 1 N–H and O–H groups in total. The third kappa shape index (κ3) is 2.22. The molecule has 1 atom stereocenters. The van der Waals surface area contributed by atoms with Crippen molar-refractivity contribution in [2.75, 3.05) is 12.4 Å². The van der Waals surface area contributed by atoms with Crippen molar-refractivity contribution in [2.45, 2.75) is 36.7 Å². The van der Waals surface area contributed by atoms with Crippen molar-refractivity contribution in [3.63, 3.8) is 0 Å². The Morgan fingerprint density at radius 1 is 1.19 bits per heavy atom. The summed E-state index contributed by atoms with van der Waals surface area (Å²) in [4.78, 5) is 9.76. The number of nitrogens with one attached hydrogen (secondary N) is 1. The number of fused-ring (bicyclic) bond motifs is 2. The van der Waals surface area contributed by atoms with Crippen molar-refractivity contribution < 1.29 is 0 Å². The molecule has 21 heavy (non-hydrogen) atoms. The van der Waals surface area contributed by atoms with E-state index in [-0.39, 0.29) is 0 Å². The third-order valence-corrected chi connectivity index (χ3v) is 5.48. The van der Waals surface area contributed by atoms with Crippen molar-refractivity contribution in [1.29, 1.82) is 0 Å². The molecule has 108 valence electrons. The number of hydrogen-bond acceptors (Lipinski definition) is 4. The fourth-order valence-electron chi connectivity index (χ4n) is 3.46. The summed E-state index contributed by atoms with van der Waals surface area (Å²) in [5, 5.41) is 3.27. The normalized spacial score (nSPS) is 20.0. The van der Waals surface area contributed by atoms with Gasteiger partial charge in [0.05, 0.1) is 5.69 Å². The van der Waals surface area contributed by atoms with E-state index in [1.165, 1.54) is 35.2 Å². The van der Waals surface area contributed by atoms with Gasteiger partial charge in [0.15, 0.2) is 0 Å². The van der Waals surface area contributed by atoms with Crippen LogP contribution in [0.15, 0.2) is 24.3 Å².